The second-order valence-electron chi connectivity index (χ2n) is 8.66. The molecule has 9 heteroatoms. The topological polar surface area (TPSA) is 107 Å². The number of hydrogen-bond donors (Lipinski definition) is 3. The van der Waals surface area contributed by atoms with Gasteiger partial charge >= 0.3 is 0 Å². The van der Waals surface area contributed by atoms with Crippen molar-refractivity contribution in [3.8, 4) is 17.2 Å². The van der Waals surface area contributed by atoms with Crippen molar-refractivity contribution in [2.45, 2.75) is 13.8 Å². The van der Waals surface area contributed by atoms with Crippen molar-refractivity contribution in [3.05, 3.63) is 89.8 Å². The maximum absolute atomic E-state index is 12.5. The summed E-state index contributed by atoms with van der Waals surface area (Å²) in [7, 11) is 4.63. The number of aromatic nitrogens is 2. The lowest BCUT2D eigenvalue weighted by molar-refractivity contribution is -0.111. The third-order valence-corrected chi connectivity index (χ3v) is 5.70. The van der Waals surface area contributed by atoms with Crippen LogP contribution >= 0.6 is 0 Å². The van der Waals surface area contributed by atoms with Crippen LogP contribution < -0.4 is 30.2 Å². The Hall–Kier alpha value is -5.05. The summed E-state index contributed by atoms with van der Waals surface area (Å²) < 4.78 is 16.1. The van der Waals surface area contributed by atoms with E-state index in [9.17, 15) is 4.79 Å². The third kappa shape index (κ3) is 7.26. The van der Waals surface area contributed by atoms with Crippen molar-refractivity contribution < 1.29 is 19.0 Å². The van der Waals surface area contributed by atoms with Crippen molar-refractivity contribution in [2.24, 2.45) is 0 Å². The Bertz CT molecular complexity index is 1440. The maximum atomic E-state index is 12.5. The number of nitrogens with one attached hydrogen (secondary N) is 3. The van der Waals surface area contributed by atoms with Crippen molar-refractivity contribution in [2.75, 3.05) is 37.3 Å². The number of rotatable bonds is 10. The molecule has 3 aromatic carbocycles. The minimum absolute atomic E-state index is 0.275. The molecule has 39 heavy (non-hydrogen) atoms. The number of carbonyl (C=O) groups excluding carboxylic acids is 1. The van der Waals surface area contributed by atoms with Gasteiger partial charge in [-0.3, -0.25) is 4.79 Å². The standard InChI is InChI=1S/C30H31N5O4/c1-19-6-9-22(10-7-19)33-27-18-28(32-20(2)31-27)34-23-11-13-24(14-12-23)35-29(36)15-8-21-16-25(37-3)30(39-5)26(17-21)38-4/h6-18H,1-5H3,(H,35,36)(H2,31,32,33,34)/b15-8+. The van der Waals surface area contributed by atoms with Crippen LogP contribution in [0.4, 0.5) is 28.7 Å². The van der Waals surface area contributed by atoms with E-state index in [0.717, 1.165) is 16.9 Å². The van der Waals surface area contributed by atoms with E-state index in [1.165, 1.54) is 11.6 Å². The van der Waals surface area contributed by atoms with Crippen molar-refractivity contribution in [1.29, 1.82) is 0 Å². The van der Waals surface area contributed by atoms with Crippen LogP contribution in [-0.4, -0.2) is 37.2 Å². The normalized spacial score (nSPS) is 10.7. The number of aryl methyl sites for hydroxylation is 2. The Balaban J connectivity index is 1.39. The van der Waals surface area contributed by atoms with Crippen LogP contribution in [0.15, 0.2) is 72.8 Å². The molecular weight excluding hydrogens is 494 g/mol. The molecular formula is C30H31N5O4. The molecule has 4 aromatic rings. The third-order valence-electron chi connectivity index (χ3n) is 5.70. The van der Waals surface area contributed by atoms with Gasteiger partial charge in [-0.05, 0) is 74.0 Å². The monoisotopic (exact) mass is 525 g/mol. The van der Waals surface area contributed by atoms with Crippen LogP contribution in [0.1, 0.15) is 17.0 Å². The van der Waals surface area contributed by atoms with Gasteiger partial charge in [-0.15, -0.1) is 0 Å². The van der Waals surface area contributed by atoms with Gasteiger partial charge in [-0.2, -0.15) is 0 Å². The predicted molar refractivity (Wildman–Crippen MR) is 155 cm³/mol. The van der Waals surface area contributed by atoms with Crippen LogP contribution in [0, 0.1) is 13.8 Å². The maximum Gasteiger partial charge on any atom is 0.248 e. The molecule has 200 valence electrons. The first-order valence-electron chi connectivity index (χ1n) is 12.2. The van der Waals surface area contributed by atoms with Crippen LogP contribution in [-0.2, 0) is 4.79 Å². The summed E-state index contributed by atoms with van der Waals surface area (Å²) in [6.45, 7) is 3.89. The summed E-state index contributed by atoms with van der Waals surface area (Å²) in [4.78, 5) is 21.5. The largest absolute Gasteiger partial charge is 0.493 e. The zero-order chi connectivity index (χ0) is 27.8. The molecule has 0 unspecified atom stereocenters. The summed E-state index contributed by atoms with van der Waals surface area (Å²) in [5, 5.41) is 9.45. The second kappa shape index (κ2) is 12.5. The lowest BCUT2D eigenvalue weighted by Gasteiger charge is -2.12. The van der Waals surface area contributed by atoms with E-state index in [4.69, 9.17) is 14.2 Å². The van der Waals surface area contributed by atoms with E-state index in [1.807, 2.05) is 68.4 Å². The van der Waals surface area contributed by atoms with E-state index in [1.54, 1.807) is 39.5 Å². The highest BCUT2D eigenvalue weighted by atomic mass is 16.5. The number of benzene rings is 3. The minimum atomic E-state index is -0.275. The van der Waals surface area contributed by atoms with Gasteiger partial charge < -0.3 is 30.2 Å². The number of anilines is 5. The van der Waals surface area contributed by atoms with Gasteiger partial charge in [0.1, 0.15) is 17.5 Å². The molecule has 0 aliphatic carbocycles. The average Bonchev–Trinajstić information content (AvgIpc) is 2.93. The summed E-state index contributed by atoms with van der Waals surface area (Å²) in [6.07, 6.45) is 3.12. The summed E-state index contributed by atoms with van der Waals surface area (Å²) >= 11 is 0. The molecule has 1 amide bonds. The van der Waals surface area contributed by atoms with E-state index >= 15 is 0 Å². The highest BCUT2D eigenvalue weighted by molar-refractivity contribution is 6.02. The van der Waals surface area contributed by atoms with Gasteiger partial charge in [0.2, 0.25) is 11.7 Å². The molecule has 3 N–H and O–H groups in total. The number of nitrogens with zero attached hydrogens (tertiary/aromatic N) is 2. The van der Waals surface area contributed by atoms with E-state index in [2.05, 4.69) is 25.9 Å². The van der Waals surface area contributed by atoms with Crippen LogP contribution in [0.5, 0.6) is 17.2 Å². The quantitative estimate of drug-likeness (QED) is 0.208. The first-order chi connectivity index (χ1) is 18.9. The zero-order valence-corrected chi connectivity index (χ0v) is 22.5. The minimum Gasteiger partial charge on any atom is -0.493 e. The smallest absolute Gasteiger partial charge is 0.248 e. The molecule has 0 aliphatic rings. The van der Waals surface area contributed by atoms with Gasteiger partial charge in [0.15, 0.2) is 11.5 Å². The lowest BCUT2D eigenvalue weighted by Crippen LogP contribution is -2.07. The van der Waals surface area contributed by atoms with E-state index in [-0.39, 0.29) is 5.91 Å². The molecule has 1 aromatic heterocycles. The average molecular weight is 526 g/mol. The predicted octanol–water partition coefficient (Wildman–Crippen LogP) is 6.26. The van der Waals surface area contributed by atoms with Crippen LogP contribution in [0.3, 0.4) is 0 Å². The van der Waals surface area contributed by atoms with Crippen molar-refractivity contribution in [1.82, 2.24) is 9.97 Å². The Morgan fingerprint density at radius 2 is 1.23 bits per heavy atom. The van der Waals surface area contributed by atoms with Gasteiger partial charge in [0.25, 0.3) is 0 Å². The molecule has 9 nitrogen and oxygen atoms in total. The molecule has 0 saturated heterocycles. The second-order valence-corrected chi connectivity index (χ2v) is 8.66. The van der Waals surface area contributed by atoms with Crippen molar-refractivity contribution in [3.63, 3.8) is 0 Å². The number of amides is 1. The first-order valence-corrected chi connectivity index (χ1v) is 12.2. The van der Waals surface area contributed by atoms with Gasteiger partial charge in [0, 0.05) is 29.2 Å². The van der Waals surface area contributed by atoms with Crippen molar-refractivity contribution >= 4 is 40.7 Å². The number of ether oxygens (including phenoxy) is 3. The lowest BCUT2D eigenvalue weighted by atomic mass is 10.1. The molecule has 0 aliphatic heterocycles. The number of carbonyl (C=O) groups is 1. The molecule has 0 spiro atoms. The highest BCUT2D eigenvalue weighted by Crippen LogP contribution is 2.38. The molecule has 0 atom stereocenters. The van der Waals surface area contributed by atoms with Crippen LogP contribution in [0.2, 0.25) is 0 Å². The zero-order valence-electron chi connectivity index (χ0n) is 22.5. The summed E-state index contributed by atoms with van der Waals surface area (Å²) in [5.41, 5.74) is 4.34. The first kappa shape index (κ1) is 27.0. The fourth-order valence-corrected chi connectivity index (χ4v) is 3.82. The number of hydrogen-bond acceptors (Lipinski definition) is 8. The van der Waals surface area contributed by atoms with E-state index < -0.39 is 0 Å². The van der Waals surface area contributed by atoms with Gasteiger partial charge in [-0.25, -0.2) is 9.97 Å². The Kier molecular flexibility index (Phi) is 8.63. The molecule has 1 heterocycles. The Labute approximate surface area is 227 Å². The fraction of sp³-hybridized carbons (Fsp3) is 0.167. The fourth-order valence-electron chi connectivity index (χ4n) is 3.82. The Morgan fingerprint density at radius 1 is 0.718 bits per heavy atom. The molecule has 4 rings (SSSR count). The van der Waals surface area contributed by atoms with E-state index in [0.29, 0.717) is 40.4 Å². The Morgan fingerprint density at radius 3 is 1.74 bits per heavy atom. The number of methoxy groups -OCH3 is 3. The summed E-state index contributed by atoms with van der Waals surface area (Å²) in [5.74, 6) is 3.22. The molecule has 0 fully saturated rings. The summed E-state index contributed by atoms with van der Waals surface area (Å²) in [6, 6.07) is 20.8. The van der Waals surface area contributed by atoms with Crippen LogP contribution in [0.25, 0.3) is 6.08 Å². The SMILES string of the molecule is COc1cc(/C=C/C(=O)Nc2ccc(Nc3cc(Nc4ccc(C)cc4)nc(C)n3)cc2)cc(OC)c1OC. The molecule has 0 radical (unpaired) electrons. The highest BCUT2D eigenvalue weighted by Gasteiger charge is 2.12. The molecule has 0 bridgehead atoms. The van der Waals surface area contributed by atoms with Gasteiger partial charge in [-0.1, -0.05) is 17.7 Å². The van der Waals surface area contributed by atoms with Gasteiger partial charge in [0.05, 0.1) is 21.3 Å². The molecule has 0 saturated carbocycles.